The number of ether oxygens (including phenoxy) is 2. The molecule has 0 bridgehead atoms. The van der Waals surface area contributed by atoms with Crippen molar-refractivity contribution in [2.45, 2.75) is 0 Å². The number of amides is 3. The highest BCUT2D eigenvalue weighted by Gasteiger charge is 2.20. The largest absolute Gasteiger partial charge is 0.493 e. The molecule has 182 valence electrons. The van der Waals surface area contributed by atoms with Crippen LogP contribution in [0.1, 0.15) is 15.9 Å². The van der Waals surface area contributed by atoms with E-state index in [-0.39, 0.29) is 11.9 Å². The number of hydrogen-bond donors (Lipinski definition) is 2. The Kier molecular flexibility index (Phi) is 7.40. The molecule has 0 radical (unpaired) electrons. The Morgan fingerprint density at radius 2 is 1.69 bits per heavy atom. The molecule has 35 heavy (non-hydrogen) atoms. The number of amidine groups is 1. The monoisotopic (exact) mass is 539 g/mol. The van der Waals surface area contributed by atoms with Crippen molar-refractivity contribution >= 4 is 45.1 Å². The summed E-state index contributed by atoms with van der Waals surface area (Å²) in [7, 11) is 5.00. The number of halogens is 1. The molecule has 2 aliphatic heterocycles. The molecule has 0 unspecified atom stereocenters. The Morgan fingerprint density at radius 1 is 1.03 bits per heavy atom. The van der Waals surface area contributed by atoms with Crippen molar-refractivity contribution in [3.05, 3.63) is 70.4 Å². The summed E-state index contributed by atoms with van der Waals surface area (Å²) in [6, 6.07) is 10.1. The second kappa shape index (κ2) is 10.6. The van der Waals surface area contributed by atoms with Crippen molar-refractivity contribution < 1.29 is 19.1 Å². The number of carbonyl (C=O) groups excluding carboxylic acids is 2. The number of aliphatic imine (C=N–C) groups is 1. The molecule has 3 amide bonds. The minimum absolute atomic E-state index is 0.329. The molecule has 2 N–H and O–H groups in total. The Balaban J connectivity index is 1.56. The van der Waals surface area contributed by atoms with Crippen LogP contribution in [0.4, 0.5) is 16.2 Å². The third kappa shape index (κ3) is 5.48. The maximum absolute atomic E-state index is 13.1. The molecule has 0 aliphatic carbocycles. The predicted molar refractivity (Wildman–Crippen MR) is 140 cm³/mol. The van der Waals surface area contributed by atoms with Gasteiger partial charge in [-0.3, -0.25) is 14.7 Å². The van der Waals surface area contributed by atoms with Crippen molar-refractivity contribution in [3.63, 3.8) is 0 Å². The number of allylic oxidation sites excluding steroid dienone is 2. The molecule has 0 saturated carbocycles. The lowest BCUT2D eigenvalue weighted by molar-refractivity contribution is 0.102. The second-order valence-electron chi connectivity index (χ2n) is 7.92. The topological polar surface area (TPSA) is 95.5 Å². The molecule has 0 spiro atoms. The Bertz CT molecular complexity index is 1220. The van der Waals surface area contributed by atoms with Gasteiger partial charge in [-0.2, -0.15) is 0 Å². The first-order valence-corrected chi connectivity index (χ1v) is 11.7. The highest BCUT2D eigenvalue weighted by atomic mass is 79.9. The molecule has 0 fully saturated rings. The van der Waals surface area contributed by atoms with Crippen LogP contribution in [0, 0.1) is 0 Å². The van der Waals surface area contributed by atoms with Gasteiger partial charge in [0.25, 0.3) is 5.91 Å². The number of anilines is 2. The van der Waals surface area contributed by atoms with Crippen LogP contribution >= 0.6 is 15.9 Å². The zero-order chi connectivity index (χ0) is 24.9. The van der Waals surface area contributed by atoms with Crippen LogP contribution in [0.5, 0.6) is 11.5 Å². The number of nitrogens with zero attached hydrogens (tertiary/aromatic N) is 3. The zero-order valence-electron chi connectivity index (χ0n) is 19.7. The number of carbonyl (C=O) groups is 2. The molecule has 10 heteroatoms. The predicted octanol–water partition coefficient (Wildman–Crippen LogP) is 4.29. The number of urea groups is 1. The summed E-state index contributed by atoms with van der Waals surface area (Å²) >= 11 is 3.41. The number of rotatable bonds is 6. The maximum atomic E-state index is 13.1. The summed E-state index contributed by atoms with van der Waals surface area (Å²) in [4.78, 5) is 34.1. The van der Waals surface area contributed by atoms with Gasteiger partial charge in [0.1, 0.15) is 5.84 Å². The molecule has 2 aliphatic rings. The maximum Gasteiger partial charge on any atom is 0.326 e. The molecule has 4 rings (SSSR count). The Morgan fingerprint density at radius 3 is 2.26 bits per heavy atom. The minimum atomic E-state index is -0.361. The number of likely N-dealkylation sites (N-methyl/N-ethyl adjacent to an activating group) is 1. The second-order valence-corrected chi connectivity index (χ2v) is 8.94. The van der Waals surface area contributed by atoms with E-state index in [1.54, 1.807) is 36.5 Å². The standard InChI is InChI=1S/C25H26BrN5O4/c1-30-12-10-27-23(30)16-6-8-17(9-7-16)24(32)28-19-13-21(34-2)22(35-3)14-20(19)29-25(33)31-11-4-5-18(26)15-31/h4-9,11,13-14H,10,12,15H2,1-3H3,(H,28,32)(H,29,33). The fourth-order valence-electron chi connectivity index (χ4n) is 3.74. The van der Waals surface area contributed by atoms with E-state index in [1.165, 1.54) is 19.1 Å². The summed E-state index contributed by atoms with van der Waals surface area (Å²) in [6.07, 6.45) is 5.31. The molecule has 2 aromatic carbocycles. The van der Waals surface area contributed by atoms with Gasteiger partial charge < -0.3 is 25.0 Å². The van der Waals surface area contributed by atoms with Gasteiger partial charge in [0.15, 0.2) is 11.5 Å². The molecule has 0 atom stereocenters. The first-order chi connectivity index (χ1) is 16.9. The summed E-state index contributed by atoms with van der Waals surface area (Å²) < 4.78 is 11.7. The summed E-state index contributed by atoms with van der Waals surface area (Å²) in [5.74, 6) is 1.42. The normalized spacial score (nSPS) is 14.9. The van der Waals surface area contributed by atoms with E-state index in [1.807, 2.05) is 25.3 Å². The lowest BCUT2D eigenvalue weighted by atomic mass is 10.1. The van der Waals surface area contributed by atoms with E-state index in [9.17, 15) is 9.59 Å². The Hall–Kier alpha value is -3.79. The van der Waals surface area contributed by atoms with Crippen LogP contribution in [-0.4, -0.2) is 68.5 Å². The fraction of sp³-hybridized carbons (Fsp3) is 0.240. The SMILES string of the molecule is COc1cc(NC(=O)c2ccc(C3=NCCN3C)cc2)c(NC(=O)N2C=CC=C(Br)C2)cc1OC. The van der Waals surface area contributed by atoms with Crippen LogP contribution < -0.4 is 20.1 Å². The Labute approximate surface area is 212 Å². The van der Waals surface area contributed by atoms with Crippen LogP contribution in [0.15, 0.2) is 64.2 Å². The van der Waals surface area contributed by atoms with E-state index in [0.29, 0.717) is 35.0 Å². The fourth-order valence-corrected chi connectivity index (χ4v) is 4.16. The number of methoxy groups -OCH3 is 2. The van der Waals surface area contributed by atoms with Crippen molar-refractivity contribution in [2.24, 2.45) is 4.99 Å². The molecule has 2 heterocycles. The zero-order valence-corrected chi connectivity index (χ0v) is 21.3. The summed E-state index contributed by atoms with van der Waals surface area (Å²) in [5, 5.41) is 5.73. The van der Waals surface area contributed by atoms with Crippen LogP contribution in [-0.2, 0) is 0 Å². The van der Waals surface area contributed by atoms with Gasteiger partial charge in [-0.25, -0.2) is 4.79 Å². The van der Waals surface area contributed by atoms with E-state index in [2.05, 4.69) is 36.5 Å². The van der Waals surface area contributed by atoms with E-state index < -0.39 is 0 Å². The van der Waals surface area contributed by atoms with Crippen molar-refractivity contribution in [1.82, 2.24) is 9.80 Å². The lowest BCUT2D eigenvalue weighted by Crippen LogP contribution is -2.32. The number of benzene rings is 2. The first kappa shape index (κ1) is 24.3. The van der Waals surface area contributed by atoms with Gasteiger partial charge in [-0.1, -0.05) is 28.1 Å². The van der Waals surface area contributed by atoms with Crippen molar-refractivity contribution in [1.29, 1.82) is 0 Å². The van der Waals surface area contributed by atoms with Gasteiger partial charge in [0.2, 0.25) is 0 Å². The van der Waals surface area contributed by atoms with Crippen LogP contribution in [0.3, 0.4) is 0 Å². The number of nitrogens with one attached hydrogen (secondary N) is 2. The molecule has 0 saturated heterocycles. The molecular weight excluding hydrogens is 514 g/mol. The van der Waals surface area contributed by atoms with Gasteiger partial charge in [-0.15, -0.1) is 0 Å². The highest BCUT2D eigenvalue weighted by molar-refractivity contribution is 9.11. The average molecular weight is 540 g/mol. The quantitative estimate of drug-likeness (QED) is 0.570. The van der Waals surface area contributed by atoms with Crippen molar-refractivity contribution in [2.75, 3.05) is 51.5 Å². The van der Waals surface area contributed by atoms with E-state index in [0.717, 1.165) is 29.0 Å². The summed E-state index contributed by atoms with van der Waals surface area (Å²) in [6.45, 7) is 2.04. The third-order valence-corrected chi connectivity index (χ3v) is 6.12. The van der Waals surface area contributed by atoms with E-state index >= 15 is 0 Å². The molecule has 2 aromatic rings. The lowest BCUT2D eigenvalue weighted by Gasteiger charge is -2.23. The smallest absolute Gasteiger partial charge is 0.326 e. The highest BCUT2D eigenvalue weighted by Crippen LogP contribution is 2.37. The number of hydrogen-bond acceptors (Lipinski definition) is 6. The minimum Gasteiger partial charge on any atom is -0.493 e. The van der Waals surface area contributed by atoms with Gasteiger partial charge in [0, 0.05) is 47.5 Å². The van der Waals surface area contributed by atoms with Crippen LogP contribution in [0.25, 0.3) is 0 Å². The summed E-state index contributed by atoms with van der Waals surface area (Å²) in [5.41, 5.74) is 2.17. The average Bonchev–Trinajstić information content (AvgIpc) is 3.30. The molecule has 0 aromatic heterocycles. The molecular formula is C25H26BrN5O4. The third-order valence-electron chi connectivity index (χ3n) is 5.60. The van der Waals surface area contributed by atoms with E-state index in [4.69, 9.17) is 9.47 Å². The van der Waals surface area contributed by atoms with Crippen molar-refractivity contribution in [3.8, 4) is 11.5 Å². The molecule has 9 nitrogen and oxygen atoms in total. The van der Waals surface area contributed by atoms with Gasteiger partial charge in [0.05, 0.1) is 38.7 Å². The first-order valence-electron chi connectivity index (χ1n) is 10.9. The van der Waals surface area contributed by atoms with Gasteiger partial charge >= 0.3 is 6.03 Å². The van der Waals surface area contributed by atoms with Crippen LogP contribution in [0.2, 0.25) is 0 Å². The van der Waals surface area contributed by atoms with Gasteiger partial charge in [-0.05, 0) is 24.3 Å².